The number of hydrogen-bond acceptors (Lipinski definition) is 2. The zero-order chi connectivity index (χ0) is 9.00. The Morgan fingerprint density at radius 3 is 0.375 bits per heavy atom. The molecule has 0 aromatic rings. The van der Waals surface area contributed by atoms with E-state index in [1.165, 1.54) is 0 Å². The standard InChI is InChI=1S/4Na.2H3O4P.10H2O.4H/c;;;;2*1-5(2,3)4;;;;;;;;;;;;;;/h;;;;2*(H3,1,2,3,4);10*1H2;;;;/q4*+1;;;;;;;;;;;;;4*-1. The first-order valence-electron chi connectivity index (χ1n) is 1.57. The Morgan fingerprint density at radius 1 is 0.375 bits per heavy atom. The summed E-state index contributed by atoms with van der Waals surface area (Å²) >= 11 is 0. The van der Waals surface area contributed by atoms with E-state index in [1.54, 1.807) is 0 Å². The largest absolute Gasteiger partial charge is 1.00 e. The molecule has 0 spiro atoms. The van der Waals surface area contributed by atoms with Crippen LogP contribution in [0.4, 0.5) is 0 Å². The maximum absolute atomic E-state index is 8.88. The Morgan fingerprint density at radius 2 is 0.375 bits per heavy atom. The van der Waals surface area contributed by atoms with Crippen LogP contribution in [0.3, 0.4) is 0 Å². The molecule has 0 heterocycles. The summed E-state index contributed by atoms with van der Waals surface area (Å²) in [7, 11) is -9.28. The minimum Gasteiger partial charge on any atom is -1.00 e. The van der Waals surface area contributed by atoms with E-state index in [-0.39, 0.29) is 179 Å². The molecule has 0 unspecified atom stereocenters. The van der Waals surface area contributed by atoms with Gasteiger partial charge in [-0.3, -0.25) is 0 Å². The van der Waals surface area contributed by atoms with Crippen molar-refractivity contribution in [2.24, 2.45) is 0 Å². The van der Waals surface area contributed by atoms with Crippen LogP contribution >= 0.6 is 15.6 Å². The van der Waals surface area contributed by atoms with Crippen LogP contribution in [0.15, 0.2) is 0 Å². The van der Waals surface area contributed by atoms with Gasteiger partial charge in [-0.1, -0.05) is 0 Å². The third-order valence-corrected chi connectivity index (χ3v) is 0. The number of hydrogen-bond donors (Lipinski definition) is 6. The normalized spacial score (nSPS) is 4.92. The first-order valence-corrected chi connectivity index (χ1v) is 4.70. The summed E-state index contributed by atoms with van der Waals surface area (Å²) in [5, 5.41) is 0. The molecule has 0 amide bonds. The molecule has 0 fully saturated rings. The average Bonchev–Trinajstić information content (AvgIpc) is 1.12. The van der Waals surface area contributed by atoms with E-state index in [0.29, 0.717) is 0 Å². The van der Waals surface area contributed by atoms with Crippen molar-refractivity contribution in [2.45, 2.75) is 0 Å². The van der Waals surface area contributed by atoms with Crippen LogP contribution in [0.25, 0.3) is 0 Å². The van der Waals surface area contributed by atoms with Crippen LogP contribution in [0.2, 0.25) is 0 Å². The van der Waals surface area contributed by atoms with Crippen LogP contribution < -0.4 is 118 Å². The minimum atomic E-state index is -4.64. The van der Waals surface area contributed by atoms with Crippen LogP contribution in [-0.4, -0.2) is 84.1 Å². The first kappa shape index (κ1) is 143. The van der Waals surface area contributed by atoms with E-state index >= 15 is 0 Å². The van der Waals surface area contributed by atoms with Gasteiger partial charge in [-0.25, -0.2) is 9.13 Å². The van der Waals surface area contributed by atoms with Crippen LogP contribution in [0.5, 0.6) is 0 Å². The molecule has 24 heavy (non-hydrogen) atoms. The molecule has 24 heteroatoms. The summed E-state index contributed by atoms with van der Waals surface area (Å²) in [6.45, 7) is 0. The smallest absolute Gasteiger partial charge is 1.00 e. The molecule has 152 valence electrons. The minimum absolute atomic E-state index is 0. The van der Waals surface area contributed by atoms with E-state index in [4.69, 9.17) is 38.5 Å². The van der Waals surface area contributed by atoms with Gasteiger partial charge < -0.3 is 89.8 Å². The topological polar surface area (TPSA) is 471 Å². The van der Waals surface area contributed by atoms with E-state index in [9.17, 15) is 0 Å². The fourth-order valence-electron chi connectivity index (χ4n) is 0. The molecule has 0 aliphatic carbocycles. The van der Waals surface area contributed by atoms with Crippen molar-refractivity contribution < 1.29 is 217 Å². The van der Waals surface area contributed by atoms with Gasteiger partial charge in [0.05, 0.1) is 0 Å². The Balaban J connectivity index is -0.00000000155. The Kier molecular flexibility index (Phi) is 426. The number of rotatable bonds is 0. The van der Waals surface area contributed by atoms with Gasteiger partial charge in [0.25, 0.3) is 0 Å². The fourth-order valence-corrected chi connectivity index (χ4v) is 0. The van der Waals surface area contributed by atoms with Gasteiger partial charge in [0.15, 0.2) is 0 Å². The predicted octanol–water partition coefficient (Wildman–Crippen LogP) is -21.6. The maximum Gasteiger partial charge on any atom is 1.00 e. The van der Waals surface area contributed by atoms with Gasteiger partial charge in [-0.05, 0) is 0 Å². The van der Waals surface area contributed by atoms with Crippen LogP contribution in [0.1, 0.15) is 5.71 Å². The first-order chi connectivity index (χ1) is 4.00. The van der Waals surface area contributed by atoms with E-state index in [0.717, 1.165) is 0 Å². The van der Waals surface area contributed by atoms with Gasteiger partial charge in [0.1, 0.15) is 0 Å². The second kappa shape index (κ2) is 71.4. The van der Waals surface area contributed by atoms with Crippen molar-refractivity contribution in [3.63, 3.8) is 0 Å². The van der Waals surface area contributed by atoms with Gasteiger partial charge in [-0.15, -0.1) is 0 Å². The van der Waals surface area contributed by atoms with Crippen molar-refractivity contribution >= 4 is 15.6 Å². The predicted molar refractivity (Wildman–Crippen MR) is 69.1 cm³/mol. The van der Waals surface area contributed by atoms with Crippen LogP contribution in [0, 0.1) is 0 Å². The molecule has 0 atom stereocenters. The maximum atomic E-state index is 8.88. The molecule has 0 aromatic heterocycles. The van der Waals surface area contributed by atoms with Gasteiger partial charge in [0.2, 0.25) is 0 Å². The molecule has 0 aliphatic heterocycles. The van der Waals surface area contributed by atoms with Gasteiger partial charge >= 0.3 is 134 Å². The molecule has 26 N–H and O–H groups in total. The Bertz CT molecular complexity index is 154. The number of phosphoric acid groups is 2. The Hall–Kier alpha value is 3.82. The monoisotopic (exact) mass is 472 g/mol. The van der Waals surface area contributed by atoms with Crippen molar-refractivity contribution in [1.82, 2.24) is 0 Å². The average molecular weight is 472 g/mol. The van der Waals surface area contributed by atoms with Crippen LogP contribution in [-0.2, 0) is 9.13 Å². The summed E-state index contributed by atoms with van der Waals surface area (Å²) in [6.07, 6.45) is 0. The molecule has 0 aromatic carbocycles. The third-order valence-electron chi connectivity index (χ3n) is 0. The van der Waals surface area contributed by atoms with Crippen molar-refractivity contribution in [3.05, 3.63) is 0 Å². The van der Waals surface area contributed by atoms with Gasteiger partial charge in [0, 0.05) is 0 Å². The summed E-state index contributed by atoms with van der Waals surface area (Å²) in [5.74, 6) is 0. The zero-order valence-electron chi connectivity index (χ0n) is 17.4. The quantitative estimate of drug-likeness (QED) is 0.145. The fraction of sp³-hybridized carbons (Fsp3) is 0. The van der Waals surface area contributed by atoms with Crippen molar-refractivity contribution in [1.29, 1.82) is 0 Å². The van der Waals surface area contributed by atoms with Gasteiger partial charge in [-0.2, -0.15) is 0 Å². The Labute approximate surface area is 230 Å². The third kappa shape index (κ3) is 1090. The van der Waals surface area contributed by atoms with Crippen molar-refractivity contribution in [3.8, 4) is 0 Å². The molecule has 0 saturated carbocycles. The van der Waals surface area contributed by atoms with E-state index in [2.05, 4.69) is 0 Å². The second-order valence-electron chi connectivity index (χ2n) is 1.03. The molecule has 18 nitrogen and oxygen atoms in total. The van der Waals surface area contributed by atoms with E-state index in [1.807, 2.05) is 0 Å². The molecule has 0 radical (unpaired) electrons. The molecular weight excluding hydrogens is 442 g/mol. The summed E-state index contributed by atoms with van der Waals surface area (Å²) < 4.78 is 17.8. The van der Waals surface area contributed by atoms with E-state index < -0.39 is 15.6 Å². The SMILES string of the molecule is O.O.O.O.O.O.O.O.O.O.O=P(O)(O)O.O=P(O)(O)O.[H-].[H-].[H-].[H-].[Na+].[Na+].[Na+].[Na+]. The molecule has 0 bridgehead atoms. The summed E-state index contributed by atoms with van der Waals surface area (Å²) in [6, 6.07) is 0. The summed E-state index contributed by atoms with van der Waals surface area (Å²) in [5.41, 5.74) is 0. The molecular formula is H30Na4O18P2. The summed E-state index contributed by atoms with van der Waals surface area (Å²) in [4.78, 5) is 43.1. The second-order valence-corrected chi connectivity index (χ2v) is 3.08. The molecule has 0 saturated heterocycles. The molecule has 0 aliphatic rings. The van der Waals surface area contributed by atoms with Crippen molar-refractivity contribution in [2.75, 3.05) is 0 Å². The molecule has 0 rings (SSSR count). The zero-order valence-corrected chi connectivity index (χ0v) is 23.2.